The monoisotopic (exact) mass is 262 g/mol. The highest BCUT2D eigenvalue weighted by Crippen LogP contribution is 2.29. The summed E-state index contributed by atoms with van der Waals surface area (Å²) in [5, 5.41) is 0. The molecular weight excluding hydrogens is 244 g/mol. The second-order valence-electron chi connectivity index (χ2n) is 4.27. The molecule has 4 nitrogen and oxygen atoms in total. The van der Waals surface area contributed by atoms with Gasteiger partial charge in [0.2, 0.25) is 0 Å². The molecule has 0 amide bonds. The minimum Gasteiger partial charge on any atom is -0.497 e. The number of carbonyl (C=O) groups excluding carboxylic acids is 1. The molecule has 0 aromatic heterocycles. The SMILES string of the molecule is CCOc1ccc(/C=C2\CC(=O)CCO2)cc1OC. The third-order valence-corrected chi connectivity index (χ3v) is 2.85. The van der Waals surface area contributed by atoms with Crippen molar-refractivity contribution in [1.29, 1.82) is 0 Å². The summed E-state index contributed by atoms with van der Waals surface area (Å²) in [6.45, 7) is 2.99. The second-order valence-corrected chi connectivity index (χ2v) is 4.27. The van der Waals surface area contributed by atoms with E-state index in [9.17, 15) is 4.79 Å². The van der Waals surface area contributed by atoms with Gasteiger partial charge in [-0.15, -0.1) is 0 Å². The van der Waals surface area contributed by atoms with Crippen LogP contribution < -0.4 is 9.47 Å². The fourth-order valence-electron chi connectivity index (χ4n) is 1.96. The molecule has 2 rings (SSSR count). The van der Waals surface area contributed by atoms with E-state index in [4.69, 9.17) is 14.2 Å². The Morgan fingerprint density at radius 2 is 2.21 bits per heavy atom. The molecule has 0 unspecified atom stereocenters. The Morgan fingerprint density at radius 3 is 2.89 bits per heavy atom. The Kier molecular flexibility index (Phi) is 4.44. The molecule has 0 atom stereocenters. The first kappa shape index (κ1) is 13.5. The zero-order chi connectivity index (χ0) is 13.7. The highest BCUT2D eigenvalue weighted by atomic mass is 16.5. The van der Waals surface area contributed by atoms with E-state index in [0.717, 1.165) is 5.56 Å². The standard InChI is InChI=1S/C15H18O4/c1-3-18-14-5-4-11(9-15(14)17-2)8-13-10-12(16)6-7-19-13/h4-5,8-9H,3,6-7,10H2,1-2H3/b13-8+. The second kappa shape index (κ2) is 6.27. The Labute approximate surface area is 113 Å². The summed E-state index contributed by atoms with van der Waals surface area (Å²) in [5.74, 6) is 2.32. The average Bonchev–Trinajstić information content (AvgIpc) is 2.41. The van der Waals surface area contributed by atoms with Crippen LogP contribution in [0.2, 0.25) is 0 Å². The van der Waals surface area contributed by atoms with E-state index in [1.807, 2.05) is 31.2 Å². The summed E-state index contributed by atoms with van der Waals surface area (Å²) in [6, 6.07) is 5.66. The number of hydrogen-bond donors (Lipinski definition) is 0. The van der Waals surface area contributed by atoms with E-state index in [2.05, 4.69) is 0 Å². The maximum atomic E-state index is 11.4. The van der Waals surface area contributed by atoms with Crippen LogP contribution in [0.3, 0.4) is 0 Å². The molecule has 0 N–H and O–H groups in total. The fraction of sp³-hybridized carbons (Fsp3) is 0.400. The third kappa shape index (κ3) is 3.50. The molecule has 19 heavy (non-hydrogen) atoms. The van der Waals surface area contributed by atoms with Crippen molar-refractivity contribution in [1.82, 2.24) is 0 Å². The van der Waals surface area contributed by atoms with E-state index in [1.54, 1.807) is 7.11 Å². The van der Waals surface area contributed by atoms with E-state index >= 15 is 0 Å². The lowest BCUT2D eigenvalue weighted by Crippen LogP contribution is -2.12. The van der Waals surface area contributed by atoms with Crippen molar-refractivity contribution in [3.8, 4) is 11.5 Å². The molecule has 1 aliphatic heterocycles. The summed E-state index contributed by atoms with van der Waals surface area (Å²) in [7, 11) is 1.61. The van der Waals surface area contributed by atoms with Crippen molar-refractivity contribution in [3.05, 3.63) is 29.5 Å². The number of ether oxygens (including phenoxy) is 3. The molecule has 1 aliphatic rings. The van der Waals surface area contributed by atoms with Crippen LogP contribution in [0.5, 0.6) is 11.5 Å². The minimum absolute atomic E-state index is 0.218. The molecule has 0 bridgehead atoms. The van der Waals surface area contributed by atoms with Gasteiger partial charge in [-0.2, -0.15) is 0 Å². The predicted octanol–water partition coefficient (Wildman–Crippen LogP) is 2.81. The van der Waals surface area contributed by atoms with E-state index in [-0.39, 0.29) is 5.78 Å². The first-order chi connectivity index (χ1) is 9.22. The summed E-state index contributed by atoms with van der Waals surface area (Å²) in [4.78, 5) is 11.4. The van der Waals surface area contributed by atoms with Crippen LogP contribution in [0.15, 0.2) is 24.0 Å². The van der Waals surface area contributed by atoms with Gasteiger partial charge < -0.3 is 14.2 Å². The van der Waals surface area contributed by atoms with E-state index < -0.39 is 0 Å². The van der Waals surface area contributed by atoms with Crippen LogP contribution in [0, 0.1) is 0 Å². The number of allylic oxidation sites excluding steroid dienone is 1. The van der Waals surface area contributed by atoms with Gasteiger partial charge in [0, 0.05) is 6.42 Å². The normalized spacial score (nSPS) is 17.2. The molecule has 1 aromatic rings. The molecule has 4 heteroatoms. The van der Waals surface area contributed by atoms with Gasteiger partial charge in [0.05, 0.1) is 26.7 Å². The van der Waals surface area contributed by atoms with Crippen molar-refractivity contribution in [2.75, 3.05) is 20.3 Å². The van der Waals surface area contributed by atoms with Crippen molar-refractivity contribution in [3.63, 3.8) is 0 Å². The maximum absolute atomic E-state index is 11.4. The van der Waals surface area contributed by atoms with Crippen LogP contribution in [0.4, 0.5) is 0 Å². The van der Waals surface area contributed by atoms with Gasteiger partial charge in [0.15, 0.2) is 11.5 Å². The molecule has 1 aromatic carbocycles. The summed E-state index contributed by atoms with van der Waals surface area (Å²) in [5.41, 5.74) is 0.935. The molecule has 1 fully saturated rings. The number of Topliss-reactive ketones (excluding diaryl/α,β-unsaturated/α-hetero) is 1. The largest absolute Gasteiger partial charge is 0.497 e. The zero-order valence-corrected chi connectivity index (χ0v) is 11.3. The Hall–Kier alpha value is -1.97. The number of carbonyl (C=O) groups is 1. The quantitative estimate of drug-likeness (QED) is 0.837. The molecule has 1 heterocycles. The topological polar surface area (TPSA) is 44.8 Å². The highest BCUT2D eigenvalue weighted by molar-refractivity contribution is 5.82. The number of benzene rings is 1. The van der Waals surface area contributed by atoms with Gasteiger partial charge in [0.25, 0.3) is 0 Å². The van der Waals surface area contributed by atoms with Gasteiger partial charge in [-0.05, 0) is 30.7 Å². The highest BCUT2D eigenvalue weighted by Gasteiger charge is 2.14. The van der Waals surface area contributed by atoms with Crippen LogP contribution in [-0.4, -0.2) is 26.1 Å². The predicted molar refractivity (Wildman–Crippen MR) is 72.3 cm³/mol. The first-order valence-electron chi connectivity index (χ1n) is 6.39. The fourth-order valence-corrected chi connectivity index (χ4v) is 1.96. The lowest BCUT2D eigenvalue weighted by atomic mass is 10.1. The minimum atomic E-state index is 0.218. The molecule has 102 valence electrons. The maximum Gasteiger partial charge on any atom is 0.161 e. The number of ketones is 1. The first-order valence-corrected chi connectivity index (χ1v) is 6.39. The molecule has 0 radical (unpaired) electrons. The number of rotatable bonds is 4. The smallest absolute Gasteiger partial charge is 0.161 e. The lowest BCUT2D eigenvalue weighted by molar-refractivity contribution is -0.121. The van der Waals surface area contributed by atoms with E-state index in [1.165, 1.54) is 0 Å². The van der Waals surface area contributed by atoms with Crippen molar-refractivity contribution in [2.45, 2.75) is 19.8 Å². The Morgan fingerprint density at radius 1 is 1.37 bits per heavy atom. The molecule has 1 saturated heterocycles. The zero-order valence-electron chi connectivity index (χ0n) is 11.3. The average molecular weight is 262 g/mol. The Bertz CT molecular complexity index is 491. The third-order valence-electron chi connectivity index (χ3n) is 2.85. The van der Waals surface area contributed by atoms with Crippen LogP contribution in [-0.2, 0) is 9.53 Å². The molecule has 0 aliphatic carbocycles. The molecule has 0 saturated carbocycles. The number of methoxy groups -OCH3 is 1. The summed E-state index contributed by atoms with van der Waals surface area (Å²) < 4.78 is 16.2. The van der Waals surface area contributed by atoms with Gasteiger partial charge in [-0.1, -0.05) is 6.07 Å². The summed E-state index contributed by atoms with van der Waals surface area (Å²) >= 11 is 0. The lowest BCUT2D eigenvalue weighted by Gasteiger charge is -2.15. The van der Waals surface area contributed by atoms with Gasteiger partial charge in [-0.25, -0.2) is 0 Å². The number of hydrogen-bond acceptors (Lipinski definition) is 4. The van der Waals surface area contributed by atoms with Crippen LogP contribution >= 0.6 is 0 Å². The van der Waals surface area contributed by atoms with Gasteiger partial charge in [-0.3, -0.25) is 4.79 Å². The van der Waals surface area contributed by atoms with E-state index in [0.29, 0.717) is 43.3 Å². The van der Waals surface area contributed by atoms with Crippen molar-refractivity contribution >= 4 is 11.9 Å². The molecular formula is C15H18O4. The van der Waals surface area contributed by atoms with Crippen LogP contribution in [0.25, 0.3) is 6.08 Å². The van der Waals surface area contributed by atoms with Crippen molar-refractivity contribution < 1.29 is 19.0 Å². The van der Waals surface area contributed by atoms with Crippen LogP contribution in [0.1, 0.15) is 25.3 Å². The van der Waals surface area contributed by atoms with Gasteiger partial charge >= 0.3 is 0 Å². The van der Waals surface area contributed by atoms with Gasteiger partial charge in [0.1, 0.15) is 11.5 Å². The molecule has 0 spiro atoms. The summed E-state index contributed by atoms with van der Waals surface area (Å²) in [6.07, 6.45) is 2.74. The Balaban J connectivity index is 2.20. The van der Waals surface area contributed by atoms with Crippen molar-refractivity contribution in [2.24, 2.45) is 0 Å².